The van der Waals surface area contributed by atoms with Crippen molar-refractivity contribution in [3.63, 3.8) is 0 Å². The Morgan fingerprint density at radius 1 is 1.32 bits per heavy atom. The van der Waals surface area contributed by atoms with Crippen molar-refractivity contribution in [2.24, 2.45) is 0 Å². The minimum absolute atomic E-state index is 0.228. The Hall–Kier alpha value is -2.74. The molecule has 130 valence electrons. The minimum Gasteiger partial charge on any atom is -0.345 e. The van der Waals surface area contributed by atoms with Crippen molar-refractivity contribution in [1.29, 1.82) is 0 Å². The number of imidazole rings is 1. The Morgan fingerprint density at radius 3 is 2.96 bits per heavy atom. The summed E-state index contributed by atoms with van der Waals surface area (Å²) in [6, 6.07) is 6.26. The molecule has 1 fully saturated rings. The number of carbonyl (C=O) groups is 1. The van der Waals surface area contributed by atoms with Crippen molar-refractivity contribution >= 4 is 11.6 Å². The molecule has 3 aromatic rings. The van der Waals surface area contributed by atoms with Gasteiger partial charge in [0.1, 0.15) is 5.65 Å². The highest BCUT2D eigenvalue weighted by atomic mass is 16.2. The predicted octanol–water partition coefficient (Wildman–Crippen LogP) is 1.09. The van der Waals surface area contributed by atoms with Gasteiger partial charge in [-0.05, 0) is 45.0 Å². The van der Waals surface area contributed by atoms with Crippen molar-refractivity contribution in [2.75, 3.05) is 13.1 Å². The van der Waals surface area contributed by atoms with E-state index < -0.39 is 0 Å². The molecule has 25 heavy (non-hydrogen) atoms. The monoisotopic (exact) mass is 339 g/mol. The third-order valence-electron chi connectivity index (χ3n) is 4.60. The SMILES string of the molecule is Cc1cccc2nc(CNC(=O)c3cn(C4CCNCC4)nn3)cn12. The van der Waals surface area contributed by atoms with E-state index in [0.29, 0.717) is 18.3 Å². The largest absolute Gasteiger partial charge is 0.345 e. The van der Waals surface area contributed by atoms with Crippen molar-refractivity contribution in [1.82, 2.24) is 35.0 Å². The maximum Gasteiger partial charge on any atom is 0.273 e. The van der Waals surface area contributed by atoms with Crippen LogP contribution >= 0.6 is 0 Å². The van der Waals surface area contributed by atoms with E-state index >= 15 is 0 Å². The van der Waals surface area contributed by atoms with E-state index in [4.69, 9.17) is 0 Å². The molecule has 8 heteroatoms. The van der Waals surface area contributed by atoms with E-state index in [1.807, 2.05) is 40.4 Å². The van der Waals surface area contributed by atoms with Gasteiger partial charge in [0.15, 0.2) is 5.69 Å². The molecule has 0 aliphatic carbocycles. The lowest BCUT2D eigenvalue weighted by Crippen LogP contribution is -2.29. The molecule has 1 aliphatic rings. The highest BCUT2D eigenvalue weighted by Crippen LogP contribution is 2.17. The molecular weight excluding hydrogens is 318 g/mol. The molecule has 0 spiro atoms. The zero-order valence-corrected chi connectivity index (χ0v) is 14.1. The number of piperidine rings is 1. The van der Waals surface area contributed by atoms with Crippen LogP contribution in [-0.2, 0) is 6.54 Å². The Labute approximate surface area is 145 Å². The van der Waals surface area contributed by atoms with Crippen LogP contribution in [0.25, 0.3) is 5.65 Å². The standard InChI is InChI=1S/C17H21N7O/c1-12-3-2-4-16-20-13(10-23(12)16)9-19-17(25)15-11-24(22-21-15)14-5-7-18-8-6-14/h2-4,10-11,14,18H,5-9H2,1H3,(H,19,25). The third-order valence-corrected chi connectivity index (χ3v) is 4.60. The summed E-state index contributed by atoms with van der Waals surface area (Å²) in [6.07, 6.45) is 5.69. The number of amides is 1. The van der Waals surface area contributed by atoms with Crippen LogP contribution < -0.4 is 10.6 Å². The van der Waals surface area contributed by atoms with E-state index in [2.05, 4.69) is 25.9 Å². The smallest absolute Gasteiger partial charge is 0.273 e. The van der Waals surface area contributed by atoms with Gasteiger partial charge in [-0.1, -0.05) is 11.3 Å². The van der Waals surface area contributed by atoms with Gasteiger partial charge in [0, 0.05) is 11.9 Å². The first-order chi connectivity index (χ1) is 12.2. The molecule has 0 bridgehead atoms. The molecule has 8 nitrogen and oxygen atoms in total. The number of carbonyl (C=O) groups excluding carboxylic acids is 1. The zero-order chi connectivity index (χ0) is 17.2. The second kappa shape index (κ2) is 6.64. The van der Waals surface area contributed by atoms with Crippen LogP contribution in [0.3, 0.4) is 0 Å². The molecule has 1 aliphatic heterocycles. The van der Waals surface area contributed by atoms with Gasteiger partial charge in [-0.25, -0.2) is 9.67 Å². The van der Waals surface area contributed by atoms with Gasteiger partial charge in [0.2, 0.25) is 0 Å². The number of aryl methyl sites for hydroxylation is 1. The molecule has 0 saturated carbocycles. The van der Waals surface area contributed by atoms with Crippen LogP contribution in [0.2, 0.25) is 0 Å². The molecule has 4 rings (SSSR count). The average Bonchev–Trinajstić information content (AvgIpc) is 3.28. The Kier molecular flexibility index (Phi) is 4.19. The zero-order valence-electron chi connectivity index (χ0n) is 14.1. The number of nitrogens with zero attached hydrogens (tertiary/aromatic N) is 5. The molecule has 0 atom stereocenters. The number of pyridine rings is 1. The van der Waals surface area contributed by atoms with Gasteiger partial charge in [-0.15, -0.1) is 5.10 Å². The van der Waals surface area contributed by atoms with Crippen LogP contribution in [0.4, 0.5) is 0 Å². The van der Waals surface area contributed by atoms with Crippen molar-refractivity contribution in [2.45, 2.75) is 32.4 Å². The second-order valence-electron chi connectivity index (χ2n) is 6.38. The molecule has 1 amide bonds. The molecule has 0 radical (unpaired) electrons. The normalized spacial score (nSPS) is 15.6. The fraction of sp³-hybridized carbons (Fsp3) is 0.412. The van der Waals surface area contributed by atoms with Gasteiger partial charge in [0.05, 0.1) is 24.5 Å². The van der Waals surface area contributed by atoms with Crippen molar-refractivity contribution in [3.05, 3.63) is 47.7 Å². The molecule has 3 aromatic heterocycles. The fourth-order valence-electron chi connectivity index (χ4n) is 3.18. The molecule has 0 aromatic carbocycles. The minimum atomic E-state index is -0.228. The van der Waals surface area contributed by atoms with Crippen molar-refractivity contribution < 1.29 is 4.79 Å². The van der Waals surface area contributed by atoms with E-state index in [1.165, 1.54) is 0 Å². The third kappa shape index (κ3) is 3.25. The predicted molar refractivity (Wildman–Crippen MR) is 92.3 cm³/mol. The van der Waals surface area contributed by atoms with E-state index in [-0.39, 0.29) is 5.91 Å². The summed E-state index contributed by atoms with van der Waals surface area (Å²) in [6.45, 7) is 4.33. The first-order valence-corrected chi connectivity index (χ1v) is 8.55. The lowest BCUT2D eigenvalue weighted by molar-refractivity contribution is 0.0945. The van der Waals surface area contributed by atoms with E-state index in [1.54, 1.807) is 6.20 Å². The van der Waals surface area contributed by atoms with Crippen molar-refractivity contribution in [3.8, 4) is 0 Å². The topological polar surface area (TPSA) is 89.1 Å². The van der Waals surface area contributed by atoms with Gasteiger partial charge < -0.3 is 15.0 Å². The summed E-state index contributed by atoms with van der Waals surface area (Å²) in [5.41, 5.74) is 3.14. The summed E-state index contributed by atoms with van der Waals surface area (Å²) in [7, 11) is 0. The fourth-order valence-corrected chi connectivity index (χ4v) is 3.18. The van der Waals surface area contributed by atoms with E-state index in [9.17, 15) is 4.79 Å². The first kappa shape index (κ1) is 15.8. The van der Waals surface area contributed by atoms with Crippen LogP contribution in [-0.4, -0.2) is 43.4 Å². The first-order valence-electron chi connectivity index (χ1n) is 8.55. The number of hydrogen-bond acceptors (Lipinski definition) is 5. The number of hydrogen-bond donors (Lipinski definition) is 2. The molecule has 2 N–H and O–H groups in total. The van der Waals surface area contributed by atoms with Gasteiger partial charge in [-0.3, -0.25) is 4.79 Å². The summed E-state index contributed by atoms with van der Waals surface area (Å²) < 4.78 is 3.82. The summed E-state index contributed by atoms with van der Waals surface area (Å²) in [4.78, 5) is 16.8. The highest BCUT2D eigenvalue weighted by molar-refractivity contribution is 5.91. The quantitative estimate of drug-likeness (QED) is 0.743. The lowest BCUT2D eigenvalue weighted by Gasteiger charge is -2.22. The number of fused-ring (bicyclic) bond motifs is 1. The molecule has 1 saturated heterocycles. The van der Waals surface area contributed by atoms with Crippen LogP contribution in [0.1, 0.15) is 40.8 Å². The Balaban J connectivity index is 1.41. The summed E-state index contributed by atoms with van der Waals surface area (Å²) in [5.74, 6) is -0.228. The summed E-state index contributed by atoms with van der Waals surface area (Å²) in [5, 5.41) is 14.3. The number of nitrogens with one attached hydrogen (secondary N) is 2. The average molecular weight is 339 g/mol. The second-order valence-corrected chi connectivity index (χ2v) is 6.38. The molecular formula is C17H21N7O. The maximum absolute atomic E-state index is 12.3. The number of rotatable bonds is 4. The van der Waals surface area contributed by atoms with Gasteiger partial charge in [0.25, 0.3) is 5.91 Å². The van der Waals surface area contributed by atoms with Crippen LogP contribution in [0.15, 0.2) is 30.6 Å². The Morgan fingerprint density at radius 2 is 2.16 bits per heavy atom. The highest BCUT2D eigenvalue weighted by Gasteiger charge is 2.18. The van der Waals surface area contributed by atoms with Crippen LogP contribution in [0.5, 0.6) is 0 Å². The van der Waals surface area contributed by atoms with Gasteiger partial charge in [-0.2, -0.15) is 0 Å². The van der Waals surface area contributed by atoms with E-state index in [0.717, 1.165) is 43.0 Å². The Bertz CT molecular complexity index is 891. The maximum atomic E-state index is 12.3. The van der Waals surface area contributed by atoms with Gasteiger partial charge >= 0.3 is 0 Å². The summed E-state index contributed by atoms with van der Waals surface area (Å²) >= 11 is 0. The van der Waals surface area contributed by atoms with Crippen LogP contribution in [0, 0.1) is 6.92 Å². The molecule has 4 heterocycles. The number of aromatic nitrogens is 5. The molecule has 0 unspecified atom stereocenters. The lowest BCUT2D eigenvalue weighted by atomic mass is 10.1.